The van der Waals surface area contributed by atoms with Gasteiger partial charge in [0.1, 0.15) is 11.5 Å². The van der Waals surface area contributed by atoms with Crippen LogP contribution in [-0.2, 0) is 4.79 Å². The number of benzene rings is 3. The van der Waals surface area contributed by atoms with Gasteiger partial charge in [0.25, 0.3) is 5.91 Å². The Hall–Kier alpha value is -3.02. The van der Waals surface area contributed by atoms with Crippen LogP contribution >= 0.6 is 23.2 Å². The zero-order valence-corrected chi connectivity index (χ0v) is 16.9. The van der Waals surface area contributed by atoms with Crippen LogP contribution in [0.5, 0.6) is 11.5 Å². The number of anilines is 1. The predicted octanol–water partition coefficient (Wildman–Crippen LogP) is 5.62. The Labute approximate surface area is 178 Å². The normalized spacial score (nSPS) is 11.4. The fourth-order valence-corrected chi connectivity index (χ4v) is 2.84. The third-order valence-corrected chi connectivity index (χ3v) is 4.45. The second-order valence-corrected chi connectivity index (χ2v) is 6.94. The summed E-state index contributed by atoms with van der Waals surface area (Å²) in [6, 6.07) is 19.9. The van der Waals surface area contributed by atoms with Crippen molar-refractivity contribution < 1.29 is 19.1 Å². The molecule has 29 heavy (non-hydrogen) atoms. The minimum absolute atomic E-state index is 0.326. The number of ether oxygens (including phenoxy) is 2. The Bertz CT molecular complexity index is 1020. The zero-order valence-electron chi connectivity index (χ0n) is 15.4. The van der Waals surface area contributed by atoms with Gasteiger partial charge in [-0.25, -0.2) is 4.79 Å². The lowest BCUT2D eigenvalue weighted by Gasteiger charge is -2.14. The van der Waals surface area contributed by atoms with Crippen molar-refractivity contribution in [1.29, 1.82) is 0 Å². The molecule has 3 aromatic carbocycles. The van der Waals surface area contributed by atoms with E-state index in [0.717, 1.165) is 0 Å². The Kier molecular flexibility index (Phi) is 6.75. The summed E-state index contributed by atoms with van der Waals surface area (Å²) in [7, 11) is 0. The number of carbonyl (C=O) groups is 2. The van der Waals surface area contributed by atoms with Gasteiger partial charge >= 0.3 is 5.97 Å². The molecule has 3 rings (SSSR count). The molecular weight excluding hydrogens is 413 g/mol. The van der Waals surface area contributed by atoms with E-state index in [1.54, 1.807) is 79.7 Å². The molecule has 0 radical (unpaired) electrons. The van der Waals surface area contributed by atoms with E-state index in [0.29, 0.717) is 32.8 Å². The van der Waals surface area contributed by atoms with Gasteiger partial charge < -0.3 is 14.8 Å². The maximum atomic E-state index is 12.3. The van der Waals surface area contributed by atoms with Crippen LogP contribution in [0.1, 0.15) is 17.3 Å². The average molecular weight is 430 g/mol. The van der Waals surface area contributed by atoms with E-state index >= 15 is 0 Å². The molecule has 5 nitrogen and oxygen atoms in total. The van der Waals surface area contributed by atoms with Gasteiger partial charge in [0, 0.05) is 10.7 Å². The van der Waals surface area contributed by atoms with Crippen molar-refractivity contribution in [3.8, 4) is 11.5 Å². The molecule has 3 aromatic rings. The lowest BCUT2D eigenvalue weighted by Crippen LogP contribution is -2.28. The smallest absolute Gasteiger partial charge is 0.352 e. The fourth-order valence-electron chi connectivity index (χ4n) is 2.44. The summed E-state index contributed by atoms with van der Waals surface area (Å²) in [6.45, 7) is 1.58. The Morgan fingerprint density at radius 1 is 0.897 bits per heavy atom. The summed E-state index contributed by atoms with van der Waals surface area (Å²) in [5, 5.41) is 3.62. The first-order valence-electron chi connectivity index (χ1n) is 8.72. The molecule has 0 spiro atoms. The Morgan fingerprint density at radius 2 is 1.62 bits per heavy atom. The van der Waals surface area contributed by atoms with Crippen LogP contribution in [0.15, 0.2) is 72.8 Å². The number of carbonyl (C=O) groups excluding carboxylic acids is 2. The number of hydrogen-bond acceptors (Lipinski definition) is 4. The van der Waals surface area contributed by atoms with Crippen molar-refractivity contribution in [2.45, 2.75) is 13.0 Å². The highest BCUT2D eigenvalue weighted by atomic mass is 35.5. The highest BCUT2D eigenvalue weighted by Crippen LogP contribution is 2.21. The molecule has 1 N–H and O–H groups in total. The molecule has 1 amide bonds. The summed E-state index contributed by atoms with van der Waals surface area (Å²) in [4.78, 5) is 24.5. The molecule has 1 unspecified atom stereocenters. The van der Waals surface area contributed by atoms with Crippen LogP contribution in [0.2, 0.25) is 10.0 Å². The van der Waals surface area contributed by atoms with Crippen LogP contribution in [0, 0.1) is 0 Å². The SMILES string of the molecule is CC(Oc1cccc(Cl)c1)C(=O)Oc1ccc(NC(=O)c2ccccc2Cl)cc1. The average Bonchev–Trinajstić information content (AvgIpc) is 2.69. The van der Waals surface area contributed by atoms with Gasteiger partial charge in [0.05, 0.1) is 10.6 Å². The molecule has 0 aliphatic heterocycles. The first-order chi connectivity index (χ1) is 13.9. The predicted molar refractivity (Wildman–Crippen MR) is 113 cm³/mol. The van der Waals surface area contributed by atoms with Crippen molar-refractivity contribution in [2.24, 2.45) is 0 Å². The minimum atomic E-state index is -0.826. The first-order valence-corrected chi connectivity index (χ1v) is 9.48. The monoisotopic (exact) mass is 429 g/mol. The van der Waals surface area contributed by atoms with Crippen LogP contribution in [0.25, 0.3) is 0 Å². The maximum Gasteiger partial charge on any atom is 0.352 e. The van der Waals surface area contributed by atoms with Crippen LogP contribution in [-0.4, -0.2) is 18.0 Å². The molecule has 0 aromatic heterocycles. The number of hydrogen-bond donors (Lipinski definition) is 1. The largest absolute Gasteiger partial charge is 0.479 e. The Morgan fingerprint density at radius 3 is 2.31 bits per heavy atom. The molecule has 7 heteroatoms. The topological polar surface area (TPSA) is 64.6 Å². The van der Waals surface area contributed by atoms with Crippen molar-refractivity contribution in [3.05, 3.63) is 88.4 Å². The minimum Gasteiger partial charge on any atom is -0.479 e. The highest BCUT2D eigenvalue weighted by molar-refractivity contribution is 6.34. The standard InChI is InChI=1S/C22H17Cl2NO4/c1-14(28-18-6-4-5-15(23)13-18)22(27)29-17-11-9-16(10-12-17)25-21(26)19-7-2-3-8-20(19)24/h2-14H,1H3,(H,25,26). The quantitative estimate of drug-likeness (QED) is 0.407. The van der Waals surface area contributed by atoms with E-state index in [2.05, 4.69) is 5.32 Å². The van der Waals surface area contributed by atoms with Crippen LogP contribution in [0.4, 0.5) is 5.69 Å². The second kappa shape index (κ2) is 9.45. The molecule has 0 aliphatic carbocycles. The summed E-state index contributed by atoms with van der Waals surface area (Å²) in [6.07, 6.45) is -0.826. The van der Waals surface area contributed by atoms with Gasteiger partial charge in [0.15, 0.2) is 6.10 Å². The number of amides is 1. The van der Waals surface area contributed by atoms with Gasteiger partial charge in [-0.2, -0.15) is 0 Å². The molecule has 1 atom stereocenters. The summed E-state index contributed by atoms with van der Waals surface area (Å²) in [5.74, 6) is -0.0893. The number of rotatable bonds is 6. The molecule has 0 saturated heterocycles. The van der Waals surface area contributed by atoms with E-state index in [1.807, 2.05) is 0 Å². The molecule has 0 fully saturated rings. The van der Waals surface area contributed by atoms with Crippen LogP contribution < -0.4 is 14.8 Å². The lowest BCUT2D eigenvalue weighted by molar-refractivity contribution is -0.141. The second-order valence-electron chi connectivity index (χ2n) is 6.10. The zero-order chi connectivity index (χ0) is 20.8. The fraction of sp³-hybridized carbons (Fsp3) is 0.0909. The van der Waals surface area contributed by atoms with Crippen molar-refractivity contribution in [3.63, 3.8) is 0 Å². The molecule has 0 bridgehead atoms. The highest BCUT2D eigenvalue weighted by Gasteiger charge is 2.17. The lowest BCUT2D eigenvalue weighted by atomic mass is 10.2. The number of esters is 1. The third kappa shape index (κ3) is 5.73. The van der Waals surface area contributed by atoms with Crippen LogP contribution in [0.3, 0.4) is 0 Å². The maximum absolute atomic E-state index is 12.3. The van der Waals surface area contributed by atoms with Crippen molar-refractivity contribution >= 4 is 40.8 Å². The van der Waals surface area contributed by atoms with Gasteiger partial charge in [-0.1, -0.05) is 41.4 Å². The van der Waals surface area contributed by atoms with E-state index < -0.39 is 12.1 Å². The van der Waals surface area contributed by atoms with Gasteiger partial charge in [-0.05, 0) is 61.5 Å². The molecule has 0 aliphatic rings. The number of nitrogens with one attached hydrogen (secondary N) is 1. The third-order valence-electron chi connectivity index (χ3n) is 3.89. The van der Waals surface area contributed by atoms with E-state index in [1.165, 1.54) is 0 Å². The van der Waals surface area contributed by atoms with E-state index in [9.17, 15) is 9.59 Å². The summed E-state index contributed by atoms with van der Waals surface area (Å²) in [5.41, 5.74) is 0.912. The Balaban J connectivity index is 1.57. The molecule has 148 valence electrons. The molecule has 0 heterocycles. The van der Waals surface area contributed by atoms with Gasteiger partial charge in [0.2, 0.25) is 0 Å². The van der Waals surface area contributed by atoms with Gasteiger partial charge in [-0.15, -0.1) is 0 Å². The van der Waals surface area contributed by atoms with E-state index in [4.69, 9.17) is 32.7 Å². The molecule has 0 saturated carbocycles. The van der Waals surface area contributed by atoms with Crippen molar-refractivity contribution in [1.82, 2.24) is 0 Å². The van der Waals surface area contributed by atoms with E-state index in [-0.39, 0.29) is 5.91 Å². The molecular formula is C22H17Cl2NO4. The van der Waals surface area contributed by atoms with Gasteiger partial charge in [-0.3, -0.25) is 4.79 Å². The first kappa shape index (κ1) is 20.7. The number of halogens is 2. The summed E-state index contributed by atoms with van der Waals surface area (Å²) >= 11 is 11.9. The van der Waals surface area contributed by atoms with Crippen molar-refractivity contribution in [2.75, 3.05) is 5.32 Å². The summed E-state index contributed by atoms with van der Waals surface area (Å²) < 4.78 is 10.8.